The molecule has 15 nitrogen and oxygen atoms in total. The van der Waals surface area contributed by atoms with E-state index in [0.717, 1.165) is 33.5 Å². The van der Waals surface area contributed by atoms with Crippen LogP contribution in [0, 0.1) is 18.3 Å². The fourth-order valence-electron chi connectivity index (χ4n) is 4.70. The number of ether oxygens (including phenoxy) is 2. The highest BCUT2D eigenvalue weighted by Crippen LogP contribution is 2.33. The lowest BCUT2D eigenvalue weighted by molar-refractivity contribution is -0.189. The van der Waals surface area contributed by atoms with Gasteiger partial charge in [-0.25, -0.2) is 17.8 Å². The molecule has 1 N–H and O–H groups in total. The Labute approximate surface area is 290 Å². The first-order chi connectivity index (χ1) is 23.8. The Bertz CT molecular complexity index is 1960. The zero-order valence-corrected chi connectivity index (χ0v) is 29.2. The number of benzene rings is 2. The summed E-state index contributed by atoms with van der Waals surface area (Å²) >= 11 is 0. The normalized spacial score (nSPS) is 14.5. The van der Waals surface area contributed by atoms with Gasteiger partial charge in [0.1, 0.15) is 5.02 Å². The second-order valence-electron chi connectivity index (χ2n) is 13.0. The number of alkyl halides is 3. The topological polar surface area (TPSA) is 169 Å². The molecule has 4 aromatic rings. The highest BCUT2D eigenvalue weighted by molar-refractivity contribution is 7.90. The zero-order chi connectivity index (χ0) is 37.3. The van der Waals surface area contributed by atoms with Crippen molar-refractivity contribution in [2.75, 3.05) is 24.7 Å². The number of hydrogen-bond acceptors (Lipinski definition) is 11. The molecule has 0 saturated carbocycles. The number of carbonyl (C=O) groups excluding carboxylic acids is 3. The summed E-state index contributed by atoms with van der Waals surface area (Å²) in [5.41, 5.74) is -0.129. The number of rotatable bonds is 13. The average Bonchev–Trinajstić information content (AvgIpc) is 3.59. The van der Waals surface area contributed by atoms with Crippen molar-refractivity contribution in [3.05, 3.63) is 65.9 Å². The lowest BCUT2D eigenvalue weighted by Gasteiger charge is -2.35. The number of esters is 2. The Kier molecular flexibility index (Phi) is 10.3. The van der Waals surface area contributed by atoms with Gasteiger partial charge in [-0.1, -0.05) is 29.8 Å². The predicted molar refractivity (Wildman–Crippen MR) is 172 cm³/mol. The fraction of sp³-hybridized carbons (Fsp3) is 0.438. The van der Waals surface area contributed by atoms with E-state index in [-0.39, 0.29) is 35.2 Å². The van der Waals surface area contributed by atoms with Crippen molar-refractivity contribution < 1.29 is 54.9 Å². The lowest BCUT2D eigenvalue weighted by atomic mass is 9.97. The zero-order valence-electron chi connectivity index (χ0n) is 28.3. The van der Waals surface area contributed by atoms with Gasteiger partial charge in [-0.15, -0.1) is 0 Å². The SMILES string of the molecule is Cc1ccc(-c2cc(C(F)(F)F)nn2-c2ccc(S(=O)(=O)NC(=O)CCC(=O)OCC3CN(n4on4OC(C)OC(=O)C(C)(C)C)C3)cc2)cc1. The number of amides is 1. The van der Waals surface area contributed by atoms with Gasteiger partial charge in [-0.3, -0.25) is 19.4 Å². The van der Waals surface area contributed by atoms with Gasteiger partial charge < -0.3 is 14.3 Å². The van der Waals surface area contributed by atoms with Crippen LogP contribution in [0.25, 0.3) is 16.9 Å². The van der Waals surface area contributed by atoms with Crippen molar-refractivity contribution in [3.63, 3.8) is 0 Å². The third-order valence-corrected chi connectivity index (χ3v) is 8.97. The molecule has 0 bridgehead atoms. The van der Waals surface area contributed by atoms with Gasteiger partial charge in [0.15, 0.2) is 5.69 Å². The van der Waals surface area contributed by atoms with E-state index in [9.17, 15) is 36.0 Å². The van der Waals surface area contributed by atoms with E-state index < -0.39 is 57.9 Å². The van der Waals surface area contributed by atoms with Crippen LogP contribution in [0.4, 0.5) is 13.2 Å². The number of aromatic nitrogens is 4. The van der Waals surface area contributed by atoms with Crippen LogP contribution in [-0.2, 0) is 40.1 Å². The molecule has 1 unspecified atom stereocenters. The Morgan fingerprint density at radius 1 is 1.02 bits per heavy atom. The first-order valence-electron chi connectivity index (χ1n) is 15.8. The quantitative estimate of drug-likeness (QED) is 0.156. The molecular formula is C32H37F3N6O9S. The number of halogens is 3. The van der Waals surface area contributed by atoms with Crippen LogP contribution in [0.1, 0.15) is 51.8 Å². The second-order valence-corrected chi connectivity index (χ2v) is 14.7. The van der Waals surface area contributed by atoms with Crippen LogP contribution in [0.5, 0.6) is 0 Å². The predicted octanol–water partition coefficient (Wildman–Crippen LogP) is 3.82. The minimum absolute atomic E-state index is 0.0388. The number of aryl methyl sites for hydroxylation is 1. The molecule has 1 aliphatic rings. The molecule has 1 amide bonds. The van der Waals surface area contributed by atoms with E-state index in [4.69, 9.17) is 18.9 Å². The molecule has 2 aromatic carbocycles. The van der Waals surface area contributed by atoms with Crippen LogP contribution in [0.3, 0.4) is 0 Å². The molecule has 51 heavy (non-hydrogen) atoms. The highest BCUT2D eigenvalue weighted by Gasteiger charge is 2.37. The smallest absolute Gasteiger partial charge is 0.435 e. The molecule has 1 atom stereocenters. The molecule has 0 spiro atoms. The number of sulfonamides is 1. The average molecular weight is 739 g/mol. The van der Waals surface area contributed by atoms with E-state index in [1.54, 1.807) is 57.0 Å². The molecule has 0 aliphatic carbocycles. The van der Waals surface area contributed by atoms with Crippen LogP contribution < -0.4 is 14.6 Å². The van der Waals surface area contributed by atoms with Crippen molar-refractivity contribution in [1.82, 2.24) is 24.5 Å². The standard InChI is InChI=1S/C32H37F3N6O9S/c1-20-6-8-23(9-7-20)26-16-27(32(33,34)35)36-39(26)24-10-12-25(13-11-24)51(45,46)37-28(42)14-15-29(43)47-19-22-17-38(18-22)40-41(50-40)49-21(2)48-30(44)31(3,4)5/h6-13,16,21-22H,14-15,17-19H2,1-5H3,(H,37,42). The number of nitrogens with one attached hydrogen (secondary N) is 1. The van der Waals surface area contributed by atoms with E-state index in [1.165, 1.54) is 17.1 Å². The van der Waals surface area contributed by atoms with Crippen molar-refractivity contribution in [1.29, 1.82) is 0 Å². The summed E-state index contributed by atoms with van der Waals surface area (Å²) in [5.74, 6) is -2.12. The van der Waals surface area contributed by atoms with E-state index in [0.29, 0.717) is 18.7 Å². The van der Waals surface area contributed by atoms with E-state index in [2.05, 4.69) is 5.10 Å². The molecule has 276 valence electrons. The summed E-state index contributed by atoms with van der Waals surface area (Å²) in [6.07, 6.45) is -6.44. The van der Waals surface area contributed by atoms with Crippen molar-refractivity contribution in [2.24, 2.45) is 11.3 Å². The largest absolute Gasteiger partial charge is 0.465 e. The summed E-state index contributed by atoms with van der Waals surface area (Å²) in [6.45, 7) is 9.50. The molecule has 2 aromatic heterocycles. The maximum absolute atomic E-state index is 13.5. The maximum atomic E-state index is 13.5. The number of hydrogen-bond donors (Lipinski definition) is 1. The van der Waals surface area contributed by atoms with Gasteiger partial charge in [0.25, 0.3) is 16.3 Å². The first kappa shape index (κ1) is 37.1. The van der Waals surface area contributed by atoms with Crippen LogP contribution in [-0.4, -0.2) is 72.0 Å². The van der Waals surface area contributed by atoms with Gasteiger partial charge in [-0.2, -0.15) is 22.9 Å². The molecule has 1 saturated heterocycles. The Hall–Kier alpha value is -5.20. The molecule has 3 heterocycles. The summed E-state index contributed by atoms with van der Waals surface area (Å²) in [6, 6.07) is 12.5. The van der Waals surface area contributed by atoms with Gasteiger partial charge in [-0.05, 0) is 58.0 Å². The second kappa shape index (κ2) is 14.2. The molecule has 19 heteroatoms. The molecule has 1 aliphatic heterocycles. The van der Waals surface area contributed by atoms with Crippen molar-refractivity contribution in [2.45, 2.75) is 64.8 Å². The summed E-state index contributed by atoms with van der Waals surface area (Å²) in [4.78, 5) is 42.9. The molecule has 1 fully saturated rings. The first-order valence-corrected chi connectivity index (χ1v) is 17.3. The fourth-order valence-corrected chi connectivity index (χ4v) is 5.71. The van der Waals surface area contributed by atoms with Gasteiger partial charge >= 0.3 is 18.1 Å². The summed E-state index contributed by atoms with van der Waals surface area (Å²) < 4.78 is 84.8. The summed E-state index contributed by atoms with van der Waals surface area (Å²) in [7, 11) is -4.37. The van der Waals surface area contributed by atoms with Gasteiger partial charge in [0.05, 0.1) is 34.7 Å². The Morgan fingerprint density at radius 3 is 2.27 bits per heavy atom. The molecular weight excluding hydrogens is 701 g/mol. The third-order valence-electron chi connectivity index (χ3n) is 7.58. The highest BCUT2D eigenvalue weighted by atomic mass is 32.2. The Balaban J connectivity index is 1.06. The van der Waals surface area contributed by atoms with Crippen molar-refractivity contribution in [3.8, 4) is 16.9 Å². The third kappa shape index (κ3) is 9.33. The number of nitrogens with zero attached hydrogens (tertiary/aromatic N) is 5. The van der Waals surface area contributed by atoms with E-state index in [1.807, 2.05) is 11.6 Å². The van der Waals surface area contributed by atoms with Gasteiger partial charge in [0.2, 0.25) is 5.91 Å². The van der Waals surface area contributed by atoms with Crippen LogP contribution >= 0.6 is 0 Å². The van der Waals surface area contributed by atoms with Gasteiger partial charge in [0, 0.05) is 42.9 Å². The minimum atomic E-state index is -4.71. The lowest BCUT2D eigenvalue weighted by Crippen LogP contribution is -2.54. The molecule has 0 radical (unpaired) electrons. The van der Waals surface area contributed by atoms with Crippen LogP contribution in [0.15, 0.2) is 64.1 Å². The molecule has 5 rings (SSSR count). The van der Waals surface area contributed by atoms with E-state index >= 15 is 0 Å². The van der Waals surface area contributed by atoms with Crippen LogP contribution in [0.2, 0.25) is 0 Å². The monoisotopic (exact) mass is 738 g/mol. The Morgan fingerprint density at radius 2 is 1.67 bits per heavy atom. The maximum Gasteiger partial charge on any atom is 0.435 e. The van der Waals surface area contributed by atoms with Crippen molar-refractivity contribution >= 4 is 27.9 Å². The minimum Gasteiger partial charge on any atom is -0.465 e. The number of carbonyl (C=O) groups is 3. The summed E-state index contributed by atoms with van der Waals surface area (Å²) in [5, 5.41) is 6.48.